The summed E-state index contributed by atoms with van der Waals surface area (Å²) in [4.78, 5) is 31.2. The maximum absolute atomic E-state index is 12.7. The first kappa shape index (κ1) is 16.4. The van der Waals surface area contributed by atoms with Gasteiger partial charge in [-0.1, -0.05) is 0 Å². The summed E-state index contributed by atoms with van der Waals surface area (Å²) in [7, 11) is 1.96. The molecule has 0 bridgehead atoms. The number of rotatable bonds is 2. The van der Waals surface area contributed by atoms with Crippen molar-refractivity contribution in [2.24, 2.45) is 5.92 Å². The SMILES string of the molecule is Cc1ccsc1C(=O)N1CCN2C[C@@H](C(=O)O)CN(C)C[C@@H]2C1. The number of carboxylic acids is 1. The van der Waals surface area contributed by atoms with Gasteiger partial charge >= 0.3 is 5.97 Å². The molecule has 3 heterocycles. The molecular weight excluding hydrogens is 314 g/mol. The van der Waals surface area contributed by atoms with Crippen molar-refractivity contribution in [3.8, 4) is 0 Å². The molecule has 7 heteroatoms. The van der Waals surface area contributed by atoms with Crippen molar-refractivity contribution in [1.29, 1.82) is 0 Å². The lowest BCUT2D eigenvalue weighted by molar-refractivity contribution is -0.142. The molecule has 2 saturated heterocycles. The van der Waals surface area contributed by atoms with E-state index in [0.29, 0.717) is 26.2 Å². The van der Waals surface area contributed by atoms with Gasteiger partial charge in [0, 0.05) is 45.3 Å². The molecule has 2 fully saturated rings. The summed E-state index contributed by atoms with van der Waals surface area (Å²) < 4.78 is 0. The first-order valence-corrected chi connectivity index (χ1v) is 8.82. The molecule has 2 atom stereocenters. The lowest BCUT2D eigenvalue weighted by Gasteiger charge is -2.41. The predicted molar refractivity (Wildman–Crippen MR) is 88.9 cm³/mol. The minimum atomic E-state index is -0.731. The molecule has 0 aromatic carbocycles. The number of aryl methyl sites for hydroxylation is 1. The highest BCUT2D eigenvalue weighted by molar-refractivity contribution is 7.12. The summed E-state index contributed by atoms with van der Waals surface area (Å²) >= 11 is 1.50. The Morgan fingerprint density at radius 2 is 2.00 bits per heavy atom. The third-order valence-electron chi connectivity index (χ3n) is 4.81. The Kier molecular flexibility index (Phi) is 4.70. The van der Waals surface area contributed by atoms with Gasteiger partial charge in [-0.25, -0.2) is 0 Å². The van der Waals surface area contributed by atoms with Crippen LogP contribution >= 0.6 is 11.3 Å². The average Bonchev–Trinajstić information content (AvgIpc) is 2.84. The molecule has 0 spiro atoms. The molecule has 3 rings (SSSR count). The Balaban J connectivity index is 1.71. The number of carboxylic acid groups (broad SMARTS) is 1. The molecule has 0 radical (unpaired) electrons. The highest BCUT2D eigenvalue weighted by atomic mass is 32.1. The van der Waals surface area contributed by atoms with Crippen molar-refractivity contribution in [1.82, 2.24) is 14.7 Å². The summed E-state index contributed by atoms with van der Waals surface area (Å²) in [6.07, 6.45) is 0. The maximum atomic E-state index is 12.7. The van der Waals surface area contributed by atoms with Gasteiger partial charge in [0.1, 0.15) is 0 Å². The molecule has 0 aliphatic carbocycles. The van der Waals surface area contributed by atoms with Crippen LogP contribution in [0.2, 0.25) is 0 Å². The number of thiophene rings is 1. The van der Waals surface area contributed by atoms with Gasteiger partial charge in [0.2, 0.25) is 0 Å². The molecule has 23 heavy (non-hydrogen) atoms. The number of hydrogen-bond acceptors (Lipinski definition) is 5. The number of aliphatic carboxylic acids is 1. The largest absolute Gasteiger partial charge is 0.481 e. The zero-order chi connectivity index (χ0) is 16.6. The number of likely N-dealkylation sites (N-methyl/N-ethyl adjacent to an activating group) is 1. The Morgan fingerprint density at radius 3 is 2.65 bits per heavy atom. The number of carbonyl (C=O) groups is 2. The van der Waals surface area contributed by atoms with Gasteiger partial charge < -0.3 is 14.9 Å². The maximum Gasteiger partial charge on any atom is 0.309 e. The van der Waals surface area contributed by atoms with Crippen LogP contribution in [0.3, 0.4) is 0 Å². The molecule has 2 aliphatic heterocycles. The zero-order valence-electron chi connectivity index (χ0n) is 13.6. The van der Waals surface area contributed by atoms with Crippen LogP contribution in [-0.2, 0) is 4.79 Å². The molecular formula is C16H23N3O3S. The summed E-state index contributed by atoms with van der Waals surface area (Å²) in [6, 6.07) is 2.19. The van der Waals surface area contributed by atoms with E-state index in [4.69, 9.17) is 0 Å². The molecule has 1 aromatic heterocycles. The second-order valence-electron chi connectivity index (χ2n) is 6.59. The molecule has 2 aliphatic rings. The lowest BCUT2D eigenvalue weighted by Crippen LogP contribution is -2.57. The first-order valence-electron chi connectivity index (χ1n) is 7.94. The smallest absolute Gasteiger partial charge is 0.309 e. The third-order valence-corrected chi connectivity index (χ3v) is 5.81. The van der Waals surface area contributed by atoms with E-state index in [0.717, 1.165) is 23.5 Å². The second-order valence-corrected chi connectivity index (χ2v) is 7.51. The van der Waals surface area contributed by atoms with E-state index in [2.05, 4.69) is 9.80 Å². The van der Waals surface area contributed by atoms with Crippen LogP contribution in [0.15, 0.2) is 11.4 Å². The summed E-state index contributed by atoms with van der Waals surface area (Å²) in [5, 5.41) is 11.3. The topological polar surface area (TPSA) is 64.1 Å². The Labute approximate surface area is 140 Å². The van der Waals surface area contributed by atoms with E-state index in [1.807, 2.05) is 30.3 Å². The number of fused-ring (bicyclic) bond motifs is 1. The fraction of sp³-hybridized carbons (Fsp3) is 0.625. The van der Waals surface area contributed by atoms with Crippen molar-refractivity contribution < 1.29 is 14.7 Å². The fourth-order valence-corrected chi connectivity index (χ4v) is 4.43. The van der Waals surface area contributed by atoms with Crippen LogP contribution in [0.1, 0.15) is 15.2 Å². The van der Waals surface area contributed by atoms with Crippen LogP contribution in [0.4, 0.5) is 0 Å². The molecule has 1 N–H and O–H groups in total. The van der Waals surface area contributed by atoms with E-state index in [1.54, 1.807) is 0 Å². The predicted octanol–water partition coefficient (Wildman–Crippen LogP) is 0.829. The Hall–Kier alpha value is -1.44. The normalized spacial score (nSPS) is 26.6. The standard InChI is InChI=1S/C16H23N3O3S/c1-11-3-6-23-14(11)15(20)19-5-4-18-8-12(16(21)22)7-17(2)9-13(18)10-19/h3,6,12-13H,4-5,7-10H2,1-2H3,(H,21,22)/t12-,13+/m0/s1. The Bertz CT molecular complexity index is 603. The van der Waals surface area contributed by atoms with Crippen LogP contribution in [0, 0.1) is 12.8 Å². The highest BCUT2D eigenvalue weighted by Crippen LogP contribution is 2.22. The van der Waals surface area contributed by atoms with Crippen LogP contribution in [0.25, 0.3) is 0 Å². The summed E-state index contributed by atoms with van der Waals surface area (Å²) in [6.45, 7) is 6.01. The third kappa shape index (κ3) is 3.41. The van der Waals surface area contributed by atoms with Crippen molar-refractivity contribution in [3.05, 3.63) is 21.9 Å². The van der Waals surface area contributed by atoms with Crippen LogP contribution < -0.4 is 0 Å². The van der Waals surface area contributed by atoms with Crippen molar-refractivity contribution in [3.63, 3.8) is 0 Å². The molecule has 6 nitrogen and oxygen atoms in total. The fourth-order valence-electron chi connectivity index (χ4n) is 3.53. The Morgan fingerprint density at radius 1 is 1.22 bits per heavy atom. The van der Waals surface area contributed by atoms with Gasteiger partial charge in [-0.05, 0) is 31.0 Å². The van der Waals surface area contributed by atoms with Crippen molar-refractivity contribution in [2.45, 2.75) is 13.0 Å². The van der Waals surface area contributed by atoms with Crippen molar-refractivity contribution >= 4 is 23.2 Å². The lowest BCUT2D eigenvalue weighted by atomic mass is 10.1. The van der Waals surface area contributed by atoms with E-state index in [1.165, 1.54) is 11.3 Å². The number of amides is 1. The molecule has 1 amide bonds. The van der Waals surface area contributed by atoms with Gasteiger partial charge in [-0.3, -0.25) is 14.5 Å². The van der Waals surface area contributed by atoms with Gasteiger partial charge in [-0.15, -0.1) is 11.3 Å². The second kappa shape index (κ2) is 6.59. The number of nitrogens with zero attached hydrogens (tertiary/aromatic N) is 3. The number of carbonyl (C=O) groups excluding carboxylic acids is 1. The molecule has 1 aromatic rings. The molecule has 126 valence electrons. The van der Waals surface area contributed by atoms with Crippen molar-refractivity contribution in [2.75, 3.05) is 46.3 Å². The van der Waals surface area contributed by atoms with Crippen LogP contribution in [-0.4, -0.2) is 84.0 Å². The molecule has 0 unspecified atom stereocenters. The highest BCUT2D eigenvalue weighted by Gasteiger charge is 2.36. The van der Waals surface area contributed by atoms with Gasteiger partial charge in [0.15, 0.2) is 0 Å². The average molecular weight is 337 g/mol. The summed E-state index contributed by atoms with van der Waals surface area (Å²) in [5.74, 6) is -0.976. The minimum Gasteiger partial charge on any atom is -0.481 e. The number of hydrogen-bond donors (Lipinski definition) is 1. The van der Waals surface area contributed by atoms with E-state index >= 15 is 0 Å². The van der Waals surface area contributed by atoms with Gasteiger partial charge in [0.25, 0.3) is 5.91 Å². The van der Waals surface area contributed by atoms with Gasteiger partial charge in [0.05, 0.1) is 10.8 Å². The zero-order valence-corrected chi connectivity index (χ0v) is 14.4. The molecule has 0 saturated carbocycles. The monoisotopic (exact) mass is 337 g/mol. The van der Waals surface area contributed by atoms with E-state index in [-0.39, 0.29) is 17.9 Å². The van der Waals surface area contributed by atoms with E-state index in [9.17, 15) is 14.7 Å². The van der Waals surface area contributed by atoms with Gasteiger partial charge in [-0.2, -0.15) is 0 Å². The summed E-state index contributed by atoms with van der Waals surface area (Å²) in [5.41, 5.74) is 1.03. The first-order chi connectivity index (χ1) is 11.0. The minimum absolute atomic E-state index is 0.110. The number of piperazine rings is 1. The van der Waals surface area contributed by atoms with Crippen LogP contribution in [0.5, 0.6) is 0 Å². The van der Waals surface area contributed by atoms with E-state index < -0.39 is 5.97 Å². The quantitative estimate of drug-likeness (QED) is 0.866.